The van der Waals surface area contributed by atoms with E-state index in [1.165, 1.54) is 0 Å². The highest BCUT2D eigenvalue weighted by Crippen LogP contribution is 2.27. The van der Waals surface area contributed by atoms with Gasteiger partial charge >= 0.3 is 0 Å². The van der Waals surface area contributed by atoms with E-state index in [2.05, 4.69) is 45.1 Å². The van der Waals surface area contributed by atoms with Gasteiger partial charge < -0.3 is 15.0 Å². The second kappa shape index (κ2) is 12.6. The maximum absolute atomic E-state index is 6.54. The fourth-order valence-corrected chi connectivity index (χ4v) is 4.28. The third kappa shape index (κ3) is 6.57. The van der Waals surface area contributed by atoms with Gasteiger partial charge in [-0.15, -0.1) is 24.0 Å². The lowest BCUT2D eigenvalue weighted by Gasteiger charge is -2.36. The maximum Gasteiger partial charge on any atom is 0.193 e. The van der Waals surface area contributed by atoms with Crippen LogP contribution in [0.25, 0.3) is 0 Å². The molecule has 1 aliphatic rings. The molecule has 0 spiro atoms. The molecule has 0 bridgehead atoms. The summed E-state index contributed by atoms with van der Waals surface area (Å²) < 4.78 is 7.79. The Balaban J connectivity index is 0.00000341. The van der Waals surface area contributed by atoms with Crippen molar-refractivity contribution in [3.05, 3.63) is 52.8 Å². The second-order valence-corrected chi connectivity index (χ2v) is 7.85. The quantitative estimate of drug-likeness (QED) is 0.318. The minimum Gasteiger partial charge on any atom is -0.370 e. The number of guanidine groups is 1. The minimum absolute atomic E-state index is 0. The molecule has 1 saturated heterocycles. The molecule has 1 aliphatic heterocycles. The van der Waals surface area contributed by atoms with Gasteiger partial charge in [-0.3, -0.25) is 14.6 Å². The topological polar surface area (TPSA) is 57.9 Å². The zero-order valence-corrected chi connectivity index (χ0v) is 21.9. The maximum atomic E-state index is 6.54. The van der Waals surface area contributed by atoms with Crippen LogP contribution in [0.3, 0.4) is 0 Å². The molecule has 0 radical (unpaired) electrons. The van der Waals surface area contributed by atoms with Gasteiger partial charge in [0.05, 0.1) is 25.4 Å². The smallest absolute Gasteiger partial charge is 0.193 e. The minimum atomic E-state index is -0.00635. The first-order valence-electron chi connectivity index (χ1n) is 10.6. The van der Waals surface area contributed by atoms with Crippen molar-refractivity contribution in [3.8, 4) is 0 Å². The standard InChI is InChI=1S/C22H33ClN6O.HI/c1-5-28(6-2)20(18-9-7-8-10-19(18)23)14-25-22(24-3)29-11-12-30-21(16-29)17-13-26-27(4)15-17;/h7-10,13,15,20-21H,5-6,11-12,14,16H2,1-4H3,(H,24,25);1H. The average molecular weight is 561 g/mol. The van der Waals surface area contributed by atoms with Crippen LogP contribution in [0, 0.1) is 0 Å². The molecule has 7 nitrogen and oxygen atoms in total. The summed E-state index contributed by atoms with van der Waals surface area (Å²) in [5, 5.41) is 8.67. The molecule has 2 atom stereocenters. The van der Waals surface area contributed by atoms with Crippen LogP contribution in [0.15, 0.2) is 41.7 Å². The Kier molecular flexibility index (Phi) is 10.5. The van der Waals surface area contributed by atoms with Crippen molar-refractivity contribution in [1.29, 1.82) is 0 Å². The Bertz CT molecular complexity index is 841. The van der Waals surface area contributed by atoms with Crippen molar-refractivity contribution in [2.24, 2.45) is 12.0 Å². The lowest BCUT2D eigenvalue weighted by molar-refractivity contribution is -0.00813. The first-order valence-corrected chi connectivity index (χ1v) is 11.0. The first-order chi connectivity index (χ1) is 14.6. The molecular weight excluding hydrogens is 527 g/mol. The highest BCUT2D eigenvalue weighted by atomic mass is 127. The molecule has 3 rings (SSSR count). The fourth-order valence-electron chi connectivity index (χ4n) is 4.02. The molecule has 172 valence electrons. The van der Waals surface area contributed by atoms with Gasteiger partial charge in [0.15, 0.2) is 5.96 Å². The van der Waals surface area contributed by atoms with Crippen molar-refractivity contribution in [1.82, 2.24) is 24.9 Å². The summed E-state index contributed by atoms with van der Waals surface area (Å²) in [4.78, 5) is 9.22. The molecule has 1 aromatic heterocycles. The van der Waals surface area contributed by atoms with Gasteiger partial charge in [-0.05, 0) is 24.7 Å². The van der Waals surface area contributed by atoms with Crippen LogP contribution < -0.4 is 5.32 Å². The van der Waals surface area contributed by atoms with Crippen LogP contribution in [-0.4, -0.2) is 71.9 Å². The van der Waals surface area contributed by atoms with E-state index in [4.69, 9.17) is 16.3 Å². The van der Waals surface area contributed by atoms with Gasteiger partial charge in [0.25, 0.3) is 0 Å². The van der Waals surface area contributed by atoms with Crippen molar-refractivity contribution in [3.63, 3.8) is 0 Å². The predicted molar refractivity (Wildman–Crippen MR) is 137 cm³/mol. The third-order valence-electron chi connectivity index (χ3n) is 5.65. The summed E-state index contributed by atoms with van der Waals surface area (Å²) in [7, 11) is 3.76. The number of nitrogens with zero attached hydrogens (tertiary/aromatic N) is 5. The van der Waals surface area contributed by atoms with Crippen LogP contribution in [0.5, 0.6) is 0 Å². The van der Waals surface area contributed by atoms with E-state index in [1.54, 1.807) is 0 Å². The van der Waals surface area contributed by atoms with Gasteiger partial charge in [-0.2, -0.15) is 5.10 Å². The van der Waals surface area contributed by atoms with Gasteiger partial charge in [0.2, 0.25) is 0 Å². The molecular formula is C22H34ClIN6O. The third-order valence-corrected chi connectivity index (χ3v) is 5.99. The Labute approximate surface area is 207 Å². The number of hydrogen-bond donors (Lipinski definition) is 1. The Morgan fingerprint density at radius 2 is 2.10 bits per heavy atom. The highest BCUT2D eigenvalue weighted by Gasteiger charge is 2.26. The molecule has 9 heteroatoms. The number of aromatic nitrogens is 2. The number of morpholine rings is 1. The molecule has 0 saturated carbocycles. The summed E-state index contributed by atoms with van der Waals surface area (Å²) >= 11 is 6.54. The van der Waals surface area contributed by atoms with E-state index >= 15 is 0 Å². The largest absolute Gasteiger partial charge is 0.370 e. The van der Waals surface area contributed by atoms with Crippen molar-refractivity contribution in [2.45, 2.75) is 26.0 Å². The number of halogens is 2. The number of benzene rings is 1. The SMILES string of the molecule is CCN(CC)C(CNC(=NC)N1CCOC(c2cnn(C)c2)C1)c1ccccc1Cl.I. The highest BCUT2D eigenvalue weighted by molar-refractivity contribution is 14.0. The summed E-state index contributed by atoms with van der Waals surface area (Å²) in [6.07, 6.45) is 3.88. The summed E-state index contributed by atoms with van der Waals surface area (Å²) in [5.41, 5.74) is 2.23. The zero-order valence-electron chi connectivity index (χ0n) is 18.8. The molecule has 2 heterocycles. The number of aryl methyl sites for hydroxylation is 1. The van der Waals surface area contributed by atoms with Crippen LogP contribution >= 0.6 is 35.6 Å². The molecule has 0 amide bonds. The molecule has 0 aliphatic carbocycles. The van der Waals surface area contributed by atoms with Crippen LogP contribution in [0.4, 0.5) is 0 Å². The molecule has 31 heavy (non-hydrogen) atoms. The average Bonchev–Trinajstić information content (AvgIpc) is 3.21. The number of ether oxygens (including phenoxy) is 1. The normalized spacial score (nSPS) is 18.1. The first kappa shape index (κ1) is 25.9. The van der Waals surface area contributed by atoms with Crippen molar-refractivity contribution < 1.29 is 4.74 Å². The molecule has 1 fully saturated rings. The lowest BCUT2D eigenvalue weighted by atomic mass is 10.0. The lowest BCUT2D eigenvalue weighted by Crippen LogP contribution is -2.50. The number of likely N-dealkylation sites (N-methyl/N-ethyl adjacent to an activating group) is 1. The van der Waals surface area contributed by atoms with Gasteiger partial charge in [-0.25, -0.2) is 0 Å². The second-order valence-electron chi connectivity index (χ2n) is 7.44. The van der Waals surface area contributed by atoms with Crippen LogP contribution in [-0.2, 0) is 11.8 Å². The molecule has 2 aromatic rings. The molecule has 2 unspecified atom stereocenters. The van der Waals surface area contributed by atoms with Crippen molar-refractivity contribution >= 4 is 41.5 Å². The van der Waals surface area contributed by atoms with E-state index in [0.717, 1.165) is 54.8 Å². The van der Waals surface area contributed by atoms with Crippen molar-refractivity contribution in [2.75, 3.05) is 46.4 Å². The fraction of sp³-hybridized carbons (Fsp3) is 0.545. The van der Waals surface area contributed by atoms with E-state index in [1.807, 2.05) is 49.4 Å². The zero-order chi connectivity index (χ0) is 21.5. The Morgan fingerprint density at radius 1 is 1.35 bits per heavy atom. The summed E-state index contributed by atoms with van der Waals surface area (Å²) in [6, 6.07) is 8.27. The number of nitrogens with one attached hydrogen (secondary N) is 1. The summed E-state index contributed by atoms with van der Waals surface area (Å²) in [6.45, 7) is 9.20. The molecule has 1 N–H and O–H groups in total. The Hall–Kier alpha value is -1.36. The number of rotatable bonds is 7. The van der Waals surface area contributed by atoms with E-state index in [9.17, 15) is 0 Å². The number of hydrogen-bond acceptors (Lipinski definition) is 4. The van der Waals surface area contributed by atoms with Crippen LogP contribution in [0.1, 0.15) is 37.1 Å². The van der Waals surface area contributed by atoms with E-state index < -0.39 is 0 Å². The summed E-state index contributed by atoms with van der Waals surface area (Å²) in [5.74, 6) is 0.886. The predicted octanol–water partition coefficient (Wildman–Crippen LogP) is 3.72. The van der Waals surface area contributed by atoms with Gasteiger partial charge in [0, 0.05) is 44.0 Å². The number of aliphatic imine (C=N–C) groups is 1. The van der Waals surface area contributed by atoms with E-state index in [-0.39, 0.29) is 36.1 Å². The monoisotopic (exact) mass is 560 g/mol. The van der Waals surface area contributed by atoms with Gasteiger partial charge in [0.1, 0.15) is 6.10 Å². The molecule has 1 aromatic carbocycles. The van der Waals surface area contributed by atoms with Crippen LogP contribution in [0.2, 0.25) is 5.02 Å². The van der Waals surface area contributed by atoms with E-state index in [0.29, 0.717) is 6.61 Å². The Morgan fingerprint density at radius 3 is 2.71 bits per heavy atom. The van der Waals surface area contributed by atoms with Gasteiger partial charge in [-0.1, -0.05) is 43.6 Å².